The molecule has 1 aliphatic carbocycles. The Labute approximate surface area is 122 Å². The molecular formula is C18H27NO. The molecule has 0 aromatic heterocycles. The molecule has 20 heavy (non-hydrogen) atoms. The third-order valence-electron chi connectivity index (χ3n) is 5.22. The van der Waals surface area contributed by atoms with Gasteiger partial charge in [-0.2, -0.15) is 0 Å². The summed E-state index contributed by atoms with van der Waals surface area (Å²) in [5.41, 5.74) is 2.75. The molecule has 3 rings (SSSR count). The number of aryl methyl sites for hydroxylation is 1. The van der Waals surface area contributed by atoms with Crippen molar-refractivity contribution in [2.75, 3.05) is 6.54 Å². The molecule has 2 nitrogen and oxygen atoms in total. The first-order chi connectivity index (χ1) is 9.67. The molecule has 1 fully saturated rings. The van der Waals surface area contributed by atoms with E-state index >= 15 is 0 Å². The first-order valence-electron chi connectivity index (χ1n) is 8.17. The van der Waals surface area contributed by atoms with Crippen LogP contribution in [0, 0.1) is 18.8 Å². The lowest BCUT2D eigenvalue weighted by atomic mass is 9.89. The Morgan fingerprint density at radius 1 is 1.30 bits per heavy atom. The van der Waals surface area contributed by atoms with E-state index in [1.54, 1.807) is 0 Å². The Balaban J connectivity index is 1.58. The standard InChI is InChI=1S/C18H27NO/c1-4-19-17-7-6-14(13(17)3)10-16-11-15-9-12(2)5-8-18(15)20-16/h5,8-9,13-14,16-17,19H,4,6-7,10-11H2,1-3H3. The van der Waals surface area contributed by atoms with Crippen LogP contribution in [-0.2, 0) is 6.42 Å². The van der Waals surface area contributed by atoms with E-state index in [0.29, 0.717) is 6.10 Å². The van der Waals surface area contributed by atoms with Crippen LogP contribution < -0.4 is 10.1 Å². The second-order valence-electron chi connectivity index (χ2n) is 6.65. The number of fused-ring (bicyclic) bond motifs is 1. The van der Waals surface area contributed by atoms with Crippen LogP contribution in [0.5, 0.6) is 5.75 Å². The molecular weight excluding hydrogens is 246 g/mol. The SMILES string of the molecule is CCNC1CCC(CC2Cc3cc(C)ccc3O2)C1C. The Morgan fingerprint density at radius 2 is 2.15 bits per heavy atom. The third kappa shape index (κ3) is 2.71. The van der Waals surface area contributed by atoms with Gasteiger partial charge in [-0.05, 0) is 56.2 Å². The van der Waals surface area contributed by atoms with E-state index in [4.69, 9.17) is 4.74 Å². The van der Waals surface area contributed by atoms with Crippen LogP contribution in [0.15, 0.2) is 18.2 Å². The van der Waals surface area contributed by atoms with Gasteiger partial charge in [0.2, 0.25) is 0 Å². The quantitative estimate of drug-likeness (QED) is 0.903. The van der Waals surface area contributed by atoms with Gasteiger partial charge < -0.3 is 10.1 Å². The largest absolute Gasteiger partial charge is 0.490 e. The van der Waals surface area contributed by atoms with Crippen molar-refractivity contribution in [3.63, 3.8) is 0 Å². The summed E-state index contributed by atoms with van der Waals surface area (Å²) in [5.74, 6) is 2.72. The molecule has 0 saturated heterocycles. The van der Waals surface area contributed by atoms with E-state index in [1.807, 2.05) is 0 Å². The summed E-state index contributed by atoms with van der Waals surface area (Å²) in [4.78, 5) is 0. The molecule has 1 aromatic rings. The van der Waals surface area contributed by atoms with Crippen molar-refractivity contribution in [3.05, 3.63) is 29.3 Å². The van der Waals surface area contributed by atoms with Gasteiger partial charge in [-0.25, -0.2) is 0 Å². The molecule has 0 bridgehead atoms. The lowest BCUT2D eigenvalue weighted by Crippen LogP contribution is -2.33. The zero-order valence-corrected chi connectivity index (χ0v) is 13.0. The van der Waals surface area contributed by atoms with Crippen LogP contribution in [0.25, 0.3) is 0 Å². The molecule has 0 spiro atoms. The molecule has 1 aliphatic heterocycles. The van der Waals surface area contributed by atoms with Gasteiger partial charge in [0.1, 0.15) is 11.9 Å². The minimum atomic E-state index is 0.402. The van der Waals surface area contributed by atoms with Gasteiger partial charge >= 0.3 is 0 Å². The lowest BCUT2D eigenvalue weighted by Gasteiger charge is -2.23. The molecule has 4 unspecified atom stereocenters. The first kappa shape index (κ1) is 13.9. The van der Waals surface area contributed by atoms with Crippen molar-refractivity contribution < 1.29 is 4.74 Å². The van der Waals surface area contributed by atoms with Crippen LogP contribution in [0.3, 0.4) is 0 Å². The van der Waals surface area contributed by atoms with Gasteiger partial charge in [0.05, 0.1) is 0 Å². The smallest absolute Gasteiger partial charge is 0.123 e. The predicted molar refractivity (Wildman–Crippen MR) is 83.3 cm³/mol. The predicted octanol–water partition coefficient (Wildman–Crippen LogP) is 3.71. The van der Waals surface area contributed by atoms with E-state index in [9.17, 15) is 0 Å². The second-order valence-corrected chi connectivity index (χ2v) is 6.65. The van der Waals surface area contributed by atoms with Gasteiger partial charge in [0.25, 0.3) is 0 Å². The average Bonchev–Trinajstić information content (AvgIpc) is 2.96. The molecule has 2 heteroatoms. The maximum absolute atomic E-state index is 6.15. The van der Waals surface area contributed by atoms with Crippen molar-refractivity contribution in [2.45, 2.75) is 58.6 Å². The average molecular weight is 273 g/mol. The zero-order valence-electron chi connectivity index (χ0n) is 13.0. The lowest BCUT2D eigenvalue weighted by molar-refractivity contribution is 0.177. The molecule has 1 heterocycles. The first-order valence-corrected chi connectivity index (χ1v) is 8.17. The highest BCUT2D eigenvalue weighted by molar-refractivity contribution is 5.40. The zero-order chi connectivity index (χ0) is 14.1. The highest BCUT2D eigenvalue weighted by Crippen LogP contribution is 2.39. The third-order valence-corrected chi connectivity index (χ3v) is 5.22. The number of ether oxygens (including phenoxy) is 1. The maximum atomic E-state index is 6.15. The van der Waals surface area contributed by atoms with Gasteiger partial charge in [-0.3, -0.25) is 0 Å². The van der Waals surface area contributed by atoms with Crippen molar-refractivity contribution in [1.82, 2.24) is 5.32 Å². The summed E-state index contributed by atoms with van der Waals surface area (Å²) in [6, 6.07) is 7.30. The summed E-state index contributed by atoms with van der Waals surface area (Å²) >= 11 is 0. The van der Waals surface area contributed by atoms with Crippen LogP contribution in [-0.4, -0.2) is 18.7 Å². The molecule has 4 atom stereocenters. The highest BCUT2D eigenvalue weighted by Gasteiger charge is 2.35. The number of nitrogens with one attached hydrogen (secondary N) is 1. The molecule has 0 radical (unpaired) electrons. The monoisotopic (exact) mass is 273 g/mol. The van der Waals surface area contributed by atoms with Crippen LogP contribution >= 0.6 is 0 Å². The van der Waals surface area contributed by atoms with E-state index in [0.717, 1.165) is 36.6 Å². The van der Waals surface area contributed by atoms with Crippen molar-refractivity contribution >= 4 is 0 Å². The van der Waals surface area contributed by atoms with Crippen LogP contribution in [0.4, 0.5) is 0 Å². The normalized spacial score (nSPS) is 32.1. The molecule has 1 saturated carbocycles. The van der Waals surface area contributed by atoms with Crippen molar-refractivity contribution in [2.24, 2.45) is 11.8 Å². The van der Waals surface area contributed by atoms with Crippen LogP contribution in [0.2, 0.25) is 0 Å². The van der Waals surface area contributed by atoms with Crippen molar-refractivity contribution in [1.29, 1.82) is 0 Å². The Hall–Kier alpha value is -1.02. The summed E-state index contributed by atoms with van der Waals surface area (Å²) < 4.78 is 6.15. The van der Waals surface area contributed by atoms with E-state index < -0.39 is 0 Å². The molecule has 110 valence electrons. The molecule has 0 amide bonds. The fraction of sp³-hybridized carbons (Fsp3) is 0.667. The minimum absolute atomic E-state index is 0.402. The number of rotatable bonds is 4. The van der Waals surface area contributed by atoms with Crippen molar-refractivity contribution in [3.8, 4) is 5.75 Å². The maximum Gasteiger partial charge on any atom is 0.123 e. The Bertz CT molecular complexity index is 470. The summed E-state index contributed by atoms with van der Waals surface area (Å²) in [7, 11) is 0. The summed E-state index contributed by atoms with van der Waals surface area (Å²) in [6.07, 6.45) is 5.41. The minimum Gasteiger partial charge on any atom is -0.490 e. The molecule has 1 N–H and O–H groups in total. The number of hydrogen-bond acceptors (Lipinski definition) is 2. The summed E-state index contributed by atoms with van der Waals surface area (Å²) in [6.45, 7) is 7.87. The fourth-order valence-corrected chi connectivity index (χ4v) is 4.05. The van der Waals surface area contributed by atoms with Gasteiger partial charge in [0, 0.05) is 12.5 Å². The molecule has 1 aromatic carbocycles. The second kappa shape index (κ2) is 5.77. The molecule has 2 aliphatic rings. The number of benzene rings is 1. The van der Waals surface area contributed by atoms with E-state index in [2.05, 4.69) is 44.3 Å². The summed E-state index contributed by atoms with van der Waals surface area (Å²) in [5, 5.41) is 3.63. The number of hydrogen-bond donors (Lipinski definition) is 1. The Morgan fingerprint density at radius 3 is 2.95 bits per heavy atom. The van der Waals surface area contributed by atoms with E-state index in [1.165, 1.54) is 30.4 Å². The fourth-order valence-electron chi connectivity index (χ4n) is 4.05. The highest BCUT2D eigenvalue weighted by atomic mass is 16.5. The van der Waals surface area contributed by atoms with Gasteiger partial charge in [-0.15, -0.1) is 0 Å². The van der Waals surface area contributed by atoms with Crippen LogP contribution in [0.1, 0.15) is 44.2 Å². The Kier molecular flexibility index (Phi) is 4.02. The van der Waals surface area contributed by atoms with E-state index in [-0.39, 0.29) is 0 Å². The topological polar surface area (TPSA) is 21.3 Å². The van der Waals surface area contributed by atoms with Gasteiger partial charge in [-0.1, -0.05) is 31.5 Å². The van der Waals surface area contributed by atoms with Gasteiger partial charge in [0.15, 0.2) is 0 Å².